The summed E-state index contributed by atoms with van der Waals surface area (Å²) in [5, 5.41) is 5.36. The van der Waals surface area contributed by atoms with Crippen LogP contribution in [0.15, 0.2) is 52.9 Å². The zero-order chi connectivity index (χ0) is 21.7. The molecule has 2 aromatic heterocycles. The first kappa shape index (κ1) is 22.1. The van der Waals surface area contributed by atoms with Gasteiger partial charge in [-0.15, -0.1) is 11.3 Å². The third-order valence-corrected chi connectivity index (χ3v) is 7.68. The number of carbonyl (C=O) groups excluding carboxylic acids is 1. The van der Waals surface area contributed by atoms with E-state index < -0.39 is 10.0 Å². The molecule has 0 aliphatic heterocycles. The summed E-state index contributed by atoms with van der Waals surface area (Å²) in [4.78, 5) is 21.4. The number of thiazole rings is 1. The normalized spacial score (nSPS) is 11.6. The molecule has 1 N–H and O–H groups in total. The smallest absolute Gasteiger partial charge is 0.243 e. The average Bonchev–Trinajstić information content (AvgIpc) is 3.19. The van der Waals surface area contributed by atoms with Gasteiger partial charge in [0, 0.05) is 30.4 Å². The van der Waals surface area contributed by atoms with Gasteiger partial charge in [0.15, 0.2) is 0 Å². The van der Waals surface area contributed by atoms with Gasteiger partial charge in [0.25, 0.3) is 0 Å². The Labute approximate surface area is 180 Å². The van der Waals surface area contributed by atoms with Gasteiger partial charge >= 0.3 is 0 Å². The molecule has 0 unspecified atom stereocenters. The molecule has 0 aliphatic rings. The van der Waals surface area contributed by atoms with E-state index in [-0.39, 0.29) is 17.2 Å². The molecule has 7 nitrogen and oxygen atoms in total. The molecule has 2 heterocycles. The highest BCUT2D eigenvalue weighted by atomic mass is 32.2. The number of pyridine rings is 1. The summed E-state index contributed by atoms with van der Waals surface area (Å²) in [6.45, 7) is 6.12. The number of nitrogens with one attached hydrogen (secondary N) is 1. The molecule has 0 fully saturated rings. The van der Waals surface area contributed by atoms with Crippen LogP contribution in [0.3, 0.4) is 0 Å². The van der Waals surface area contributed by atoms with Crippen molar-refractivity contribution >= 4 is 33.0 Å². The number of hydrogen-bond acceptors (Lipinski definition) is 6. The van der Waals surface area contributed by atoms with Crippen molar-refractivity contribution in [1.82, 2.24) is 14.3 Å². The van der Waals surface area contributed by atoms with Crippen molar-refractivity contribution < 1.29 is 13.2 Å². The van der Waals surface area contributed by atoms with Crippen LogP contribution in [0.1, 0.15) is 25.1 Å². The van der Waals surface area contributed by atoms with E-state index in [0.29, 0.717) is 30.0 Å². The Hall–Kier alpha value is -2.62. The Balaban J connectivity index is 1.74. The van der Waals surface area contributed by atoms with Gasteiger partial charge in [-0.05, 0) is 36.8 Å². The average molecular weight is 445 g/mol. The molecule has 9 heteroatoms. The number of aromatic nitrogens is 2. The van der Waals surface area contributed by atoms with Crippen LogP contribution in [0.5, 0.6) is 0 Å². The monoisotopic (exact) mass is 444 g/mol. The summed E-state index contributed by atoms with van der Waals surface area (Å²) in [7, 11) is -3.61. The van der Waals surface area contributed by atoms with Crippen molar-refractivity contribution in [2.24, 2.45) is 0 Å². The summed E-state index contributed by atoms with van der Waals surface area (Å²) < 4.78 is 27.2. The lowest BCUT2D eigenvalue weighted by atomic mass is 10.2. The zero-order valence-corrected chi connectivity index (χ0v) is 18.8. The third-order valence-electron chi connectivity index (χ3n) is 4.57. The fourth-order valence-corrected chi connectivity index (χ4v) is 5.53. The van der Waals surface area contributed by atoms with Crippen LogP contribution in [0.25, 0.3) is 10.7 Å². The van der Waals surface area contributed by atoms with E-state index >= 15 is 0 Å². The molecule has 1 aromatic carbocycles. The predicted molar refractivity (Wildman–Crippen MR) is 119 cm³/mol. The highest BCUT2D eigenvalue weighted by Gasteiger charge is 2.24. The van der Waals surface area contributed by atoms with Gasteiger partial charge in [0.1, 0.15) is 5.01 Å². The molecule has 3 aromatic rings. The molecule has 0 radical (unpaired) electrons. The third kappa shape index (κ3) is 4.92. The van der Waals surface area contributed by atoms with Crippen molar-refractivity contribution in [2.45, 2.75) is 32.1 Å². The fourth-order valence-electron chi connectivity index (χ4n) is 3.02. The quantitative estimate of drug-likeness (QED) is 0.572. The number of nitrogens with zero attached hydrogens (tertiary/aromatic N) is 3. The highest BCUT2D eigenvalue weighted by molar-refractivity contribution is 7.89. The van der Waals surface area contributed by atoms with Gasteiger partial charge in [-0.3, -0.25) is 9.78 Å². The number of hydrogen-bond donors (Lipinski definition) is 1. The van der Waals surface area contributed by atoms with Crippen molar-refractivity contribution in [2.75, 3.05) is 18.4 Å². The summed E-state index contributed by atoms with van der Waals surface area (Å²) >= 11 is 1.43. The van der Waals surface area contributed by atoms with Gasteiger partial charge in [0.05, 0.1) is 22.7 Å². The van der Waals surface area contributed by atoms with Gasteiger partial charge in [-0.2, -0.15) is 4.31 Å². The Kier molecular flexibility index (Phi) is 6.96. The van der Waals surface area contributed by atoms with Gasteiger partial charge < -0.3 is 5.32 Å². The van der Waals surface area contributed by atoms with Crippen LogP contribution in [-0.2, 0) is 21.2 Å². The second-order valence-corrected chi connectivity index (χ2v) is 9.42. The summed E-state index contributed by atoms with van der Waals surface area (Å²) in [6.07, 6.45) is 1.79. The highest BCUT2D eigenvalue weighted by Crippen LogP contribution is 2.24. The van der Waals surface area contributed by atoms with Crippen LogP contribution in [-0.4, -0.2) is 41.7 Å². The Bertz CT molecular complexity index is 1120. The maximum Gasteiger partial charge on any atom is 0.243 e. The van der Waals surface area contributed by atoms with Crippen LogP contribution < -0.4 is 5.32 Å². The second kappa shape index (κ2) is 9.46. The van der Waals surface area contributed by atoms with E-state index in [4.69, 9.17) is 0 Å². The first-order chi connectivity index (χ1) is 14.3. The maximum atomic E-state index is 12.9. The van der Waals surface area contributed by atoms with Gasteiger partial charge in [-0.1, -0.05) is 26.0 Å². The molecule has 0 bridgehead atoms. The Morgan fingerprint density at radius 3 is 2.60 bits per heavy atom. The van der Waals surface area contributed by atoms with Crippen LogP contribution in [0.2, 0.25) is 0 Å². The lowest BCUT2D eigenvalue weighted by molar-refractivity contribution is -0.115. The molecule has 158 valence electrons. The van der Waals surface area contributed by atoms with Crippen LogP contribution in [0.4, 0.5) is 5.69 Å². The fraction of sp³-hybridized carbons (Fsp3) is 0.286. The number of amides is 1. The second-order valence-electron chi connectivity index (χ2n) is 6.65. The van der Waals surface area contributed by atoms with Crippen molar-refractivity contribution in [1.29, 1.82) is 0 Å². The largest absolute Gasteiger partial charge is 0.326 e. The first-order valence-electron chi connectivity index (χ1n) is 9.61. The minimum Gasteiger partial charge on any atom is -0.326 e. The molecule has 0 spiro atoms. The molecular formula is C21H24N4O3S2. The first-order valence-corrected chi connectivity index (χ1v) is 11.9. The van der Waals surface area contributed by atoms with E-state index in [1.807, 2.05) is 23.6 Å². The van der Waals surface area contributed by atoms with Gasteiger partial charge in [-0.25, -0.2) is 13.4 Å². The van der Waals surface area contributed by atoms with E-state index in [1.54, 1.807) is 39.1 Å². The Morgan fingerprint density at radius 1 is 1.17 bits per heavy atom. The summed E-state index contributed by atoms with van der Waals surface area (Å²) in [6, 6.07) is 10.5. The SMILES string of the molecule is CCN(CC)S(=O)(=O)c1cc(NC(=O)Cc2csc(-c3ccccn3)n2)ccc1C. The molecular weight excluding hydrogens is 420 g/mol. The number of benzene rings is 1. The van der Waals surface area contributed by atoms with Crippen molar-refractivity contribution in [3.05, 3.63) is 59.2 Å². The molecule has 0 saturated heterocycles. The van der Waals surface area contributed by atoms with Crippen molar-refractivity contribution in [3.63, 3.8) is 0 Å². The summed E-state index contributed by atoms with van der Waals surface area (Å²) in [5.74, 6) is -0.261. The lowest BCUT2D eigenvalue weighted by Gasteiger charge is -2.20. The number of rotatable bonds is 8. The molecule has 0 saturated carbocycles. The molecule has 1 amide bonds. The van der Waals surface area contributed by atoms with Crippen LogP contribution >= 0.6 is 11.3 Å². The lowest BCUT2D eigenvalue weighted by Crippen LogP contribution is -2.31. The van der Waals surface area contributed by atoms with E-state index in [2.05, 4.69) is 15.3 Å². The van der Waals surface area contributed by atoms with Crippen LogP contribution in [0, 0.1) is 6.92 Å². The maximum absolute atomic E-state index is 12.9. The number of sulfonamides is 1. The molecule has 0 aliphatic carbocycles. The number of aryl methyl sites for hydroxylation is 1. The van der Waals surface area contributed by atoms with Gasteiger partial charge in [0.2, 0.25) is 15.9 Å². The topological polar surface area (TPSA) is 92.3 Å². The number of anilines is 1. The molecule has 30 heavy (non-hydrogen) atoms. The zero-order valence-electron chi connectivity index (χ0n) is 17.1. The van der Waals surface area contributed by atoms with E-state index in [0.717, 1.165) is 10.7 Å². The minimum absolute atomic E-state index is 0.0926. The Morgan fingerprint density at radius 2 is 1.93 bits per heavy atom. The molecule has 3 rings (SSSR count). The standard InChI is InChI=1S/C21H24N4O3S2/c1-4-25(5-2)30(27,28)19-12-16(10-9-15(19)3)23-20(26)13-17-14-29-21(24-17)18-8-6-7-11-22-18/h6-12,14H,4-5,13H2,1-3H3,(H,23,26). The summed E-state index contributed by atoms with van der Waals surface area (Å²) in [5.41, 5.74) is 2.48. The predicted octanol–water partition coefficient (Wildman–Crippen LogP) is 3.73. The van der Waals surface area contributed by atoms with E-state index in [9.17, 15) is 13.2 Å². The van der Waals surface area contributed by atoms with Crippen molar-refractivity contribution in [3.8, 4) is 10.7 Å². The molecule has 0 atom stereocenters. The van der Waals surface area contributed by atoms with E-state index in [1.165, 1.54) is 21.7 Å². The minimum atomic E-state index is -3.61. The number of carbonyl (C=O) groups is 1.